The Morgan fingerprint density at radius 3 is 3.14 bits per heavy atom. The van der Waals surface area contributed by atoms with Gasteiger partial charge in [0.1, 0.15) is 6.54 Å². The summed E-state index contributed by atoms with van der Waals surface area (Å²) in [5.74, 6) is -0.206. The van der Waals surface area contributed by atoms with Crippen LogP contribution in [0.25, 0.3) is 0 Å². The first-order chi connectivity index (χ1) is 6.77. The second-order valence-corrected chi connectivity index (χ2v) is 2.98. The Morgan fingerprint density at radius 2 is 2.50 bits per heavy atom. The molecule has 0 bridgehead atoms. The van der Waals surface area contributed by atoms with Crippen LogP contribution in [0, 0.1) is 0 Å². The number of hydrogen-bond acceptors (Lipinski definition) is 4. The van der Waals surface area contributed by atoms with Crippen LogP contribution in [0.3, 0.4) is 0 Å². The molecule has 78 valence electrons. The Kier molecular flexibility index (Phi) is 4.19. The molecule has 1 heterocycles. The topological polar surface area (TPSA) is 55.6 Å². The fourth-order valence-electron chi connectivity index (χ4n) is 1.32. The van der Waals surface area contributed by atoms with Crippen LogP contribution >= 0.6 is 0 Å². The lowest BCUT2D eigenvalue weighted by Gasteiger charge is -2.26. The number of ether oxygens (including phenoxy) is 1. The molecule has 0 unspecified atom stereocenters. The van der Waals surface area contributed by atoms with E-state index in [1.807, 2.05) is 23.1 Å². The molecule has 0 aromatic heterocycles. The van der Waals surface area contributed by atoms with Gasteiger partial charge >= 0.3 is 5.97 Å². The molecule has 4 nitrogen and oxygen atoms in total. The van der Waals surface area contributed by atoms with Gasteiger partial charge in [-0.2, -0.15) is 0 Å². The van der Waals surface area contributed by atoms with Crippen LogP contribution < -0.4 is 5.73 Å². The minimum absolute atomic E-state index is 0.206. The van der Waals surface area contributed by atoms with Crippen molar-refractivity contribution in [3.8, 4) is 0 Å². The standard InChI is InChI=1S/C10H16N2O2/c1-2-14-10(13)8-12-6-4-3-5-9(12)7-11/h3-5H,2,6-8,11H2,1H3. The highest BCUT2D eigenvalue weighted by Crippen LogP contribution is 2.07. The van der Waals surface area contributed by atoms with Crippen molar-refractivity contribution in [3.63, 3.8) is 0 Å². The first-order valence-corrected chi connectivity index (χ1v) is 4.74. The van der Waals surface area contributed by atoms with Gasteiger partial charge in [-0.05, 0) is 13.0 Å². The van der Waals surface area contributed by atoms with Gasteiger partial charge < -0.3 is 15.4 Å². The average molecular weight is 196 g/mol. The highest BCUT2D eigenvalue weighted by molar-refractivity contribution is 5.72. The third-order valence-corrected chi connectivity index (χ3v) is 1.99. The molecule has 0 spiro atoms. The number of carbonyl (C=O) groups excluding carboxylic acids is 1. The molecular formula is C10H16N2O2. The first kappa shape index (κ1) is 10.8. The monoisotopic (exact) mass is 196 g/mol. The zero-order chi connectivity index (χ0) is 10.4. The zero-order valence-corrected chi connectivity index (χ0v) is 8.40. The van der Waals surface area contributed by atoms with E-state index in [0.29, 0.717) is 13.2 Å². The van der Waals surface area contributed by atoms with Crippen molar-refractivity contribution in [1.29, 1.82) is 0 Å². The maximum atomic E-state index is 11.2. The van der Waals surface area contributed by atoms with E-state index < -0.39 is 0 Å². The van der Waals surface area contributed by atoms with E-state index in [1.54, 1.807) is 6.92 Å². The predicted octanol–water partition coefficient (Wildman–Crippen LogP) is 0.264. The number of allylic oxidation sites excluding steroid dienone is 2. The lowest BCUT2D eigenvalue weighted by atomic mass is 10.2. The van der Waals surface area contributed by atoms with Crippen molar-refractivity contribution in [3.05, 3.63) is 23.9 Å². The average Bonchev–Trinajstić information content (AvgIpc) is 2.19. The molecule has 0 aromatic rings. The Labute approximate surface area is 84.0 Å². The third kappa shape index (κ3) is 2.88. The minimum atomic E-state index is -0.206. The van der Waals surface area contributed by atoms with Crippen molar-refractivity contribution in [2.24, 2.45) is 5.73 Å². The Bertz CT molecular complexity index is 259. The largest absolute Gasteiger partial charge is 0.465 e. The molecule has 0 aromatic carbocycles. The molecule has 0 saturated heterocycles. The molecule has 2 N–H and O–H groups in total. The molecule has 0 aliphatic carbocycles. The molecule has 0 radical (unpaired) electrons. The SMILES string of the molecule is CCOC(=O)CN1CC=CC=C1CN. The van der Waals surface area contributed by atoms with Gasteiger partial charge in [-0.25, -0.2) is 0 Å². The molecule has 0 saturated carbocycles. The van der Waals surface area contributed by atoms with Gasteiger partial charge in [0.2, 0.25) is 0 Å². The Hall–Kier alpha value is -1.29. The Morgan fingerprint density at radius 1 is 1.71 bits per heavy atom. The number of nitrogens with zero attached hydrogens (tertiary/aromatic N) is 1. The quantitative estimate of drug-likeness (QED) is 0.655. The second kappa shape index (κ2) is 5.44. The van der Waals surface area contributed by atoms with Crippen LogP contribution in [-0.4, -0.2) is 37.1 Å². The van der Waals surface area contributed by atoms with Gasteiger partial charge in [0.15, 0.2) is 0 Å². The van der Waals surface area contributed by atoms with Crippen molar-refractivity contribution in [2.45, 2.75) is 6.92 Å². The predicted molar refractivity (Wildman–Crippen MR) is 54.5 cm³/mol. The molecule has 14 heavy (non-hydrogen) atoms. The molecule has 0 atom stereocenters. The maximum Gasteiger partial charge on any atom is 0.325 e. The van der Waals surface area contributed by atoms with Crippen molar-refractivity contribution < 1.29 is 9.53 Å². The van der Waals surface area contributed by atoms with E-state index in [1.165, 1.54) is 0 Å². The molecule has 1 aliphatic heterocycles. The van der Waals surface area contributed by atoms with Gasteiger partial charge in [-0.3, -0.25) is 4.79 Å². The highest BCUT2D eigenvalue weighted by atomic mass is 16.5. The summed E-state index contributed by atoms with van der Waals surface area (Å²) in [7, 11) is 0. The first-order valence-electron chi connectivity index (χ1n) is 4.74. The minimum Gasteiger partial charge on any atom is -0.465 e. The highest BCUT2D eigenvalue weighted by Gasteiger charge is 2.13. The zero-order valence-electron chi connectivity index (χ0n) is 8.40. The summed E-state index contributed by atoms with van der Waals surface area (Å²) in [4.78, 5) is 13.1. The number of rotatable bonds is 4. The number of carbonyl (C=O) groups is 1. The second-order valence-electron chi connectivity index (χ2n) is 2.98. The van der Waals surface area contributed by atoms with Crippen LogP contribution in [0.4, 0.5) is 0 Å². The van der Waals surface area contributed by atoms with Gasteiger partial charge in [0.05, 0.1) is 6.61 Å². The van der Waals surface area contributed by atoms with Crippen molar-refractivity contribution in [1.82, 2.24) is 4.90 Å². The van der Waals surface area contributed by atoms with Gasteiger partial charge in [0, 0.05) is 18.8 Å². The van der Waals surface area contributed by atoms with Gasteiger partial charge in [-0.15, -0.1) is 0 Å². The lowest BCUT2D eigenvalue weighted by molar-refractivity contribution is -0.143. The summed E-state index contributed by atoms with van der Waals surface area (Å²) in [6.45, 7) is 3.67. The van der Waals surface area contributed by atoms with Crippen LogP contribution in [0.2, 0.25) is 0 Å². The lowest BCUT2D eigenvalue weighted by Crippen LogP contribution is -2.34. The van der Waals surface area contributed by atoms with Gasteiger partial charge in [0.25, 0.3) is 0 Å². The number of esters is 1. The van der Waals surface area contributed by atoms with E-state index in [9.17, 15) is 4.79 Å². The van der Waals surface area contributed by atoms with E-state index in [4.69, 9.17) is 10.5 Å². The molecular weight excluding hydrogens is 180 g/mol. The normalized spacial score (nSPS) is 15.3. The summed E-state index contributed by atoms with van der Waals surface area (Å²) in [6.07, 6.45) is 5.85. The summed E-state index contributed by atoms with van der Waals surface area (Å²) in [6, 6.07) is 0. The van der Waals surface area contributed by atoms with E-state index in [-0.39, 0.29) is 12.5 Å². The molecule has 0 fully saturated rings. The molecule has 1 aliphatic rings. The molecule has 4 heteroatoms. The van der Waals surface area contributed by atoms with Crippen molar-refractivity contribution in [2.75, 3.05) is 26.2 Å². The molecule has 0 amide bonds. The number of nitrogens with two attached hydrogens (primary N) is 1. The van der Waals surface area contributed by atoms with Crippen LogP contribution in [-0.2, 0) is 9.53 Å². The fraction of sp³-hybridized carbons (Fsp3) is 0.500. The summed E-state index contributed by atoms with van der Waals surface area (Å²) < 4.78 is 4.86. The summed E-state index contributed by atoms with van der Waals surface area (Å²) in [5, 5.41) is 0. The van der Waals surface area contributed by atoms with Crippen LogP contribution in [0.5, 0.6) is 0 Å². The smallest absolute Gasteiger partial charge is 0.325 e. The van der Waals surface area contributed by atoms with Gasteiger partial charge in [-0.1, -0.05) is 12.2 Å². The summed E-state index contributed by atoms with van der Waals surface area (Å²) in [5.41, 5.74) is 6.52. The Balaban J connectivity index is 2.48. The van der Waals surface area contributed by atoms with E-state index in [0.717, 1.165) is 12.2 Å². The number of hydrogen-bond donors (Lipinski definition) is 1. The van der Waals surface area contributed by atoms with E-state index >= 15 is 0 Å². The van der Waals surface area contributed by atoms with Crippen LogP contribution in [0.1, 0.15) is 6.92 Å². The van der Waals surface area contributed by atoms with Crippen molar-refractivity contribution >= 4 is 5.97 Å². The third-order valence-electron chi connectivity index (χ3n) is 1.99. The maximum absolute atomic E-state index is 11.2. The van der Waals surface area contributed by atoms with Crippen LogP contribution in [0.15, 0.2) is 23.9 Å². The fourth-order valence-corrected chi connectivity index (χ4v) is 1.32. The van der Waals surface area contributed by atoms with E-state index in [2.05, 4.69) is 0 Å². The molecule has 1 rings (SSSR count). The summed E-state index contributed by atoms with van der Waals surface area (Å²) >= 11 is 0.